The molecule has 0 aliphatic rings. The highest BCUT2D eigenvalue weighted by Crippen LogP contribution is 2.20. The van der Waals surface area contributed by atoms with Crippen molar-refractivity contribution in [1.82, 2.24) is 15.5 Å². The topological polar surface area (TPSA) is 86.5 Å². The number of benzene rings is 2. The second-order valence-corrected chi connectivity index (χ2v) is 5.98. The zero-order chi connectivity index (χ0) is 19.6. The van der Waals surface area contributed by atoms with Crippen LogP contribution in [0, 0.1) is 0 Å². The van der Waals surface area contributed by atoms with Crippen molar-refractivity contribution in [1.29, 1.82) is 0 Å². The molecule has 0 aliphatic heterocycles. The summed E-state index contributed by atoms with van der Waals surface area (Å²) in [4.78, 5) is 16.3. The lowest BCUT2D eigenvalue weighted by molar-refractivity contribution is -0.121. The number of hydrogen-bond acceptors (Lipinski definition) is 6. The fourth-order valence-electron chi connectivity index (χ4n) is 2.53. The van der Waals surface area contributed by atoms with E-state index >= 15 is 0 Å². The highest BCUT2D eigenvalue weighted by atomic mass is 16.5. The number of aryl methyl sites for hydroxylation is 1. The van der Waals surface area contributed by atoms with Crippen molar-refractivity contribution in [3.05, 3.63) is 60.5 Å². The molecule has 0 fully saturated rings. The summed E-state index contributed by atoms with van der Waals surface area (Å²) in [6.45, 7) is 3.41. The average molecular weight is 381 g/mol. The van der Waals surface area contributed by atoms with Crippen LogP contribution in [-0.4, -0.2) is 35.8 Å². The molecule has 146 valence electrons. The highest BCUT2D eigenvalue weighted by Gasteiger charge is 2.11. The van der Waals surface area contributed by atoms with Gasteiger partial charge in [0.1, 0.15) is 18.1 Å². The van der Waals surface area contributed by atoms with Gasteiger partial charge in [0, 0.05) is 18.4 Å². The van der Waals surface area contributed by atoms with Crippen LogP contribution in [0.3, 0.4) is 0 Å². The molecule has 3 aromatic rings. The largest absolute Gasteiger partial charge is 0.494 e. The molecule has 0 bridgehead atoms. The zero-order valence-electron chi connectivity index (χ0n) is 15.8. The summed E-state index contributed by atoms with van der Waals surface area (Å²) in [5.74, 6) is 2.42. The van der Waals surface area contributed by atoms with Crippen LogP contribution in [0.5, 0.6) is 11.5 Å². The maximum atomic E-state index is 11.9. The maximum Gasteiger partial charge on any atom is 0.227 e. The predicted molar refractivity (Wildman–Crippen MR) is 104 cm³/mol. The van der Waals surface area contributed by atoms with Crippen LogP contribution >= 0.6 is 0 Å². The minimum Gasteiger partial charge on any atom is -0.494 e. The lowest BCUT2D eigenvalue weighted by Crippen LogP contribution is -2.28. The molecule has 3 rings (SSSR count). The summed E-state index contributed by atoms with van der Waals surface area (Å²) in [7, 11) is 0. The van der Waals surface area contributed by atoms with Crippen molar-refractivity contribution < 1.29 is 18.8 Å². The van der Waals surface area contributed by atoms with E-state index in [0.717, 1.165) is 17.1 Å². The Hall–Kier alpha value is -3.35. The van der Waals surface area contributed by atoms with Crippen molar-refractivity contribution in [3.8, 4) is 22.9 Å². The Balaban J connectivity index is 1.39. The fourth-order valence-corrected chi connectivity index (χ4v) is 2.53. The molecule has 1 aromatic heterocycles. The molecule has 2 aromatic carbocycles. The third-order valence-electron chi connectivity index (χ3n) is 3.89. The first-order valence-electron chi connectivity index (χ1n) is 9.25. The molecule has 7 nitrogen and oxygen atoms in total. The standard InChI is InChI=1S/C21H23N3O4/c1-2-26-18-10-8-16(9-11-18)21-23-20(28-24-21)13-12-19(25)22-14-15-27-17-6-4-3-5-7-17/h3-11H,2,12-15H2,1H3,(H,22,25). The van der Waals surface area contributed by atoms with Gasteiger partial charge in [-0.25, -0.2) is 0 Å². The monoisotopic (exact) mass is 381 g/mol. The van der Waals surface area contributed by atoms with Crippen LogP contribution in [0.1, 0.15) is 19.2 Å². The molecule has 1 amide bonds. The van der Waals surface area contributed by atoms with Gasteiger partial charge >= 0.3 is 0 Å². The van der Waals surface area contributed by atoms with Crippen LogP contribution in [-0.2, 0) is 11.2 Å². The Morgan fingerprint density at radius 1 is 1.04 bits per heavy atom. The number of nitrogens with zero attached hydrogens (tertiary/aromatic N) is 2. The summed E-state index contributed by atoms with van der Waals surface area (Å²) in [5, 5.41) is 6.78. The minimum atomic E-state index is -0.0857. The van der Waals surface area contributed by atoms with Gasteiger partial charge in [0.05, 0.1) is 13.2 Å². The number of ether oxygens (including phenoxy) is 2. The molecule has 0 saturated heterocycles. The summed E-state index contributed by atoms with van der Waals surface area (Å²) >= 11 is 0. The smallest absolute Gasteiger partial charge is 0.227 e. The first-order valence-corrected chi connectivity index (χ1v) is 9.25. The second kappa shape index (κ2) is 10.1. The van der Waals surface area contributed by atoms with Crippen LogP contribution in [0.2, 0.25) is 0 Å². The number of amides is 1. The quantitative estimate of drug-likeness (QED) is 0.543. The molecular formula is C21H23N3O4. The summed E-state index contributed by atoms with van der Waals surface area (Å²) < 4.78 is 16.2. The molecule has 7 heteroatoms. The van der Waals surface area contributed by atoms with E-state index in [1.807, 2.05) is 61.5 Å². The zero-order valence-corrected chi connectivity index (χ0v) is 15.8. The molecule has 28 heavy (non-hydrogen) atoms. The third kappa shape index (κ3) is 5.84. The van der Waals surface area contributed by atoms with Gasteiger partial charge in [-0.1, -0.05) is 23.4 Å². The number of carbonyl (C=O) groups is 1. The number of nitrogens with one attached hydrogen (secondary N) is 1. The number of para-hydroxylation sites is 1. The first kappa shape index (κ1) is 19.4. The van der Waals surface area contributed by atoms with E-state index in [4.69, 9.17) is 14.0 Å². The van der Waals surface area contributed by atoms with E-state index in [9.17, 15) is 4.79 Å². The van der Waals surface area contributed by atoms with Crippen molar-refractivity contribution in [2.45, 2.75) is 19.8 Å². The van der Waals surface area contributed by atoms with Gasteiger partial charge in [-0.15, -0.1) is 0 Å². The van der Waals surface area contributed by atoms with E-state index in [1.165, 1.54) is 0 Å². The molecule has 1 heterocycles. The summed E-state index contributed by atoms with van der Waals surface area (Å²) in [6.07, 6.45) is 0.658. The number of aromatic nitrogens is 2. The molecule has 0 aliphatic carbocycles. The Morgan fingerprint density at radius 3 is 2.54 bits per heavy atom. The summed E-state index contributed by atoms with van der Waals surface area (Å²) in [5.41, 5.74) is 0.834. The molecular weight excluding hydrogens is 358 g/mol. The van der Waals surface area contributed by atoms with Crippen LogP contribution in [0.4, 0.5) is 0 Å². The van der Waals surface area contributed by atoms with Crippen LogP contribution < -0.4 is 14.8 Å². The first-order chi connectivity index (χ1) is 13.7. The molecule has 0 spiro atoms. The van der Waals surface area contributed by atoms with Crippen molar-refractivity contribution in [2.75, 3.05) is 19.8 Å². The van der Waals surface area contributed by atoms with E-state index in [-0.39, 0.29) is 12.3 Å². The average Bonchev–Trinajstić information content (AvgIpc) is 3.20. The van der Waals surface area contributed by atoms with Gasteiger partial charge in [-0.05, 0) is 43.3 Å². The second-order valence-electron chi connectivity index (χ2n) is 5.98. The number of hydrogen-bond donors (Lipinski definition) is 1. The fraction of sp³-hybridized carbons (Fsp3) is 0.286. The normalized spacial score (nSPS) is 10.5. The van der Waals surface area contributed by atoms with Gasteiger partial charge in [-0.2, -0.15) is 4.98 Å². The number of rotatable bonds is 10. The molecule has 0 atom stereocenters. The third-order valence-corrected chi connectivity index (χ3v) is 3.89. The van der Waals surface area contributed by atoms with Gasteiger partial charge in [0.25, 0.3) is 0 Å². The van der Waals surface area contributed by atoms with Crippen molar-refractivity contribution in [3.63, 3.8) is 0 Å². The van der Waals surface area contributed by atoms with Gasteiger partial charge < -0.3 is 19.3 Å². The Morgan fingerprint density at radius 2 is 1.79 bits per heavy atom. The molecule has 0 saturated carbocycles. The summed E-state index contributed by atoms with van der Waals surface area (Å²) in [6, 6.07) is 16.9. The van der Waals surface area contributed by atoms with Crippen molar-refractivity contribution in [2.24, 2.45) is 0 Å². The van der Waals surface area contributed by atoms with E-state index < -0.39 is 0 Å². The lowest BCUT2D eigenvalue weighted by Gasteiger charge is -2.07. The van der Waals surface area contributed by atoms with E-state index in [2.05, 4.69) is 15.5 Å². The minimum absolute atomic E-state index is 0.0857. The Bertz CT molecular complexity index is 863. The number of carbonyl (C=O) groups excluding carboxylic acids is 1. The predicted octanol–water partition coefficient (Wildman–Crippen LogP) is 3.26. The Labute approximate surface area is 163 Å². The van der Waals surface area contributed by atoms with Gasteiger partial charge in [-0.3, -0.25) is 4.79 Å². The van der Waals surface area contributed by atoms with Crippen LogP contribution in [0.25, 0.3) is 11.4 Å². The highest BCUT2D eigenvalue weighted by molar-refractivity contribution is 5.76. The maximum absolute atomic E-state index is 11.9. The molecule has 1 N–H and O–H groups in total. The molecule has 0 unspecified atom stereocenters. The van der Waals surface area contributed by atoms with E-state index in [0.29, 0.717) is 37.9 Å². The van der Waals surface area contributed by atoms with Crippen molar-refractivity contribution >= 4 is 5.91 Å². The SMILES string of the molecule is CCOc1ccc(-c2noc(CCC(=O)NCCOc3ccccc3)n2)cc1. The van der Waals surface area contributed by atoms with Gasteiger partial charge in [0.15, 0.2) is 0 Å². The van der Waals surface area contributed by atoms with E-state index in [1.54, 1.807) is 0 Å². The molecule has 0 radical (unpaired) electrons. The Kier molecular flexibility index (Phi) is 7.01. The lowest BCUT2D eigenvalue weighted by atomic mass is 10.2. The van der Waals surface area contributed by atoms with Crippen LogP contribution in [0.15, 0.2) is 59.1 Å². The van der Waals surface area contributed by atoms with Gasteiger partial charge in [0.2, 0.25) is 17.6 Å².